The highest BCUT2D eigenvalue weighted by atomic mass is 32.1. The van der Waals surface area contributed by atoms with Crippen LogP contribution in [0.4, 0.5) is 24.0 Å². The predicted octanol–water partition coefficient (Wildman–Crippen LogP) is 2.47. The Hall–Kier alpha value is -3.48. The number of thiazole rings is 1. The van der Waals surface area contributed by atoms with Crippen molar-refractivity contribution in [2.45, 2.75) is 25.6 Å². The van der Waals surface area contributed by atoms with Crippen LogP contribution in [0.1, 0.15) is 18.4 Å². The van der Waals surface area contributed by atoms with Crippen LogP contribution in [0.15, 0.2) is 35.4 Å². The van der Waals surface area contributed by atoms with Crippen molar-refractivity contribution in [1.82, 2.24) is 19.9 Å². The second kappa shape index (κ2) is 9.41. The Balaban J connectivity index is 1.50. The van der Waals surface area contributed by atoms with Crippen molar-refractivity contribution in [3.8, 4) is 0 Å². The third-order valence-electron chi connectivity index (χ3n) is 5.47. The van der Waals surface area contributed by atoms with Gasteiger partial charge in [-0.2, -0.15) is 18.2 Å². The average Bonchev–Trinajstić information content (AvgIpc) is 3.25. The molecule has 34 heavy (non-hydrogen) atoms. The molecular formula is C21H21F3N6O3S. The molecule has 4 rings (SSSR count). The summed E-state index contributed by atoms with van der Waals surface area (Å²) in [6, 6.07) is 4.24. The summed E-state index contributed by atoms with van der Waals surface area (Å²) in [5.74, 6) is -0.884. The van der Waals surface area contributed by atoms with E-state index in [-0.39, 0.29) is 27.9 Å². The Labute approximate surface area is 195 Å². The smallest absolute Gasteiger partial charge is 0.359 e. The normalized spacial score (nSPS) is 16.5. The first-order valence-electron chi connectivity index (χ1n) is 10.5. The van der Waals surface area contributed by atoms with Crippen LogP contribution in [0, 0.1) is 5.92 Å². The fraction of sp³-hybridized carbons (Fsp3) is 0.381. The van der Waals surface area contributed by atoms with Gasteiger partial charge >= 0.3 is 6.18 Å². The maximum atomic E-state index is 12.9. The average molecular weight is 494 g/mol. The van der Waals surface area contributed by atoms with Crippen LogP contribution in [0.2, 0.25) is 0 Å². The molecule has 0 bridgehead atoms. The molecule has 0 saturated carbocycles. The standard InChI is InChI=1S/C21H21F3N6O3S/c1-25-18(32)12-4-3-7-29(9-12)20-28-17-16(34-20)19(33)30(11-26-17)10-15(31)27-14-6-2-5-13(8-14)21(22,23)24/h2,5-6,8,11-12H,3-4,7,9-10H2,1H3,(H,25,32)(H,27,31)/t12-/m1/s1. The number of aromatic nitrogens is 3. The van der Waals surface area contributed by atoms with Crippen LogP contribution in [-0.2, 0) is 22.3 Å². The summed E-state index contributed by atoms with van der Waals surface area (Å²) in [6.45, 7) is 0.752. The molecule has 3 heterocycles. The van der Waals surface area contributed by atoms with Crippen LogP contribution in [0.25, 0.3) is 10.3 Å². The molecule has 13 heteroatoms. The van der Waals surface area contributed by atoms with E-state index in [0.29, 0.717) is 18.2 Å². The lowest BCUT2D eigenvalue weighted by atomic mass is 9.98. The molecule has 0 aliphatic carbocycles. The largest absolute Gasteiger partial charge is 0.416 e. The fourth-order valence-corrected chi connectivity index (χ4v) is 4.78. The number of halogens is 3. The molecule has 9 nitrogen and oxygen atoms in total. The topological polar surface area (TPSA) is 109 Å². The molecule has 2 amide bonds. The third-order valence-corrected chi connectivity index (χ3v) is 6.56. The Morgan fingerprint density at radius 1 is 1.29 bits per heavy atom. The molecule has 180 valence electrons. The lowest BCUT2D eigenvalue weighted by Gasteiger charge is -2.31. The Kier molecular flexibility index (Phi) is 6.55. The number of hydrogen-bond donors (Lipinski definition) is 2. The summed E-state index contributed by atoms with van der Waals surface area (Å²) in [6.07, 6.45) is -1.77. The monoisotopic (exact) mass is 494 g/mol. The van der Waals surface area contributed by atoms with Crippen LogP contribution < -0.4 is 21.1 Å². The van der Waals surface area contributed by atoms with Crippen molar-refractivity contribution in [3.63, 3.8) is 0 Å². The number of hydrogen-bond acceptors (Lipinski definition) is 7. The van der Waals surface area contributed by atoms with Gasteiger partial charge in [0.1, 0.15) is 17.6 Å². The van der Waals surface area contributed by atoms with E-state index in [4.69, 9.17) is 0 Å². The molecule has 0 unspecified atom stereocenters. The van der Waals surface area contributed by atoms with Gasteiger partial charge < -0.3 is 15.5 Å². The minimum absolute atomic E-state index is 0.0299. The number of amides is 2. The Bertz CT molecular complexity index is 1290. The molecule has 1 aromatic carbocycles. The molecular weight excluding hydrogens is 473 g/mol. The first-order chi connectivity index (χ1) is 16.2. The maximum Gasteiger partial charge on any atom is 0.416 e. The zero-order valence-electron chi connectivity index (χ0n) is 18.1. The molecule has 2 N–H and O–H groups in total. The van der Waals surface area contributed by atoms with Crippen LogP contribution >= 0.6 is 11.3 Å². The number of carbonyl (C=O) groups is 2. The van der Waals surface area contributed by atoms with Crippen LogP contribution in [0.3, 0.4) is 0 Å². The van der Waals surface area contributed by atoms with E-state index >= 15 is 0 Å². The van der Waals surface area contributed by atoms with Gasteiger partial charge in [0.05, 0.1) is 11.5 Å². The highest BCUT2D eigenvalue weighted by Gasteiger charge is 2.30. The number of benzene rings is 1. The first-order valence-corrected chi connectivity index (χ1v) is 11.3. The second-order valence-corrected chi connectivity index (χ2v) is 8.83. The van der Waals surface area contributed by atoms with Gasteiger partial charge in [0.15, 0.2) is 10.8 Å². The molecule has 2 aromatic heterocycles. The highest BCUT2D eigenvalue weighted by molar-refractivity contribution is 7.22. The van der Waals surface area contributed by atoms with E-state index in [2.05, 4.69) is 20.6 Å². The zero-order valence-corrected chi connectivity index (χ0v) is 18.9. The lowest BCUT2D eigenvalue weighted by Crippen LogP contribution is -2.42. The molecule has 1 fully saturated rings. The van der Waals surface area contributed by atoms with E-state index in [9.17, 15) is 27.6 Å². The summed E-state index contributed by atoms with van der Waals surface area (Å²) < 4.78 is 40.0. The fourth-order valence-electron chi connectivity index (χ4n) is 3.78. The van der Waals surface area contributed by atoms with Gasteiger partial charge in [0.2, 0.25) is 11.8 Å². The molecule has 0 radical (unpaired) electrons. The van der Waals surface area contributed by atoms with Crippen molar-refractivity contribution in [2.24, 2.45) is 5.92 Å². The SMILES string of the molecule is CNC(=O)[C@@H]1CCCN(c2nc3ncn(CC(=O)Nc4cccc(C(F)(F)F)c4)c(=O)c3s2)C1. The van der Waals surface area contributed by atoms with Crippen LogP contribution in [0.5, 0.6) is 0 Å². The van der Waals surface area contributed by atoms with E-state index in [0.717, 1.165) is 40.9 Å². The van der Waals surface area contributed by atoms with Gasteiger partial charge in [0.25, 0.3) is 5.56 Å². The Morgan fingerprint density at radius 2 is 2.09 bits per heavy atom. The number of nitrogens with one attached hydrogen (secondary N) is 2. The number of nitrogens with zero attached hydrogens (tertiary/aromatic N) is 4. The van der Waals surface area contributed by atoms with E-state index in [1.165, 1.54) is 18.5 Å². The minimum Gasteiger partial charge on any atom is -0.359 e. The van der Waals surface area contributed by atoms with Crippen molar-refractivity contribution < 1.29 is 22.8 Å². The summed E-state index contributed by atoms with van der Waals surface area (Å²) in [5.41, 5.74) is -1.16. The summed E-state index contributed by atoms with van der Waals surface area (Å²) in [7, 11) is 1.59. The lowest BCUT2D eigenvalue weighted by molar-refractivity contribution is -0.137. The number of alkyl halides is 3. The van der Waals surface area contributed by atoms with Gasteiger partial charge in [-0.15, -0.1) is 0 Å². The van der Waals surface area contributed by atoms with E-state index in [1.54, 1.807) is 7.05 Å². The number of rotatable bonds is 5. The van der Waals surface area contributed by atoms with Gasteiger partial charge in [-0.25, -0.2) is 4.98 Å². The molecule has 0 spiro atoms. The molecule has 1 aliphatic heterocycles. The highest BCUT2D eigenvalue weighted by Crippen LogP contribution is 2.31. The molecule has 1 saturated heterocycles. The number of piperidine rings is 1. The van der Waals surface area contributed by atoms with E-state index < -0.39 is 29.8 Å². The first kappa shape index (κ1) is 23.7. The van der Waals surface area contributed by atoms with E-state index in [1.807, 2.05) is 4.90 Å². The quantitative estimate of drug-likeness (QED) is 0.564. The second-order valence-electron chi connectivity index (χ2n) is 7.85. The zero-order chi connectivity index (χ0) is 24.5. The number of anilines is 2. The summed E-state index contributed by atoms with van der Waals surface area (Å²) in [5, 5.41) is 5.59. The van der Waals surface area contributed by atoms with Crippen molar-refractivity contribution >= 4 is 44.3 Å². The van der Waals surface area contributed by atoms with Crippen molar-refractivity contribution in [3.05, 3.63) is 46.5 Å². The molecule has 1 atom stereocenters. The van der Waals surface area contributed by atoms with Crippen LogP contribution in [-0.4, -0.2) is 46.5 Å². The van der Waals surface area contributed by atoms with Crippen molar-refractivity contribution in [1.29, 1.82) is 0 Å². The Morgan fingerprint density at radius 3 is 2.82 bits per heavy atom. The third kappa shape index (κ3) is 5.03. The molecule has 3 aromatic rings. The van der Waals surface area contributed by atoms with Gasteiger partial charge in [0, 0.05) is 25.8 Å². The van der Waals surface area contributed by atoms with Gasteiger partial charge in [-0.05, 0) is 31.0 Å². The maximum absolute atomic E-state index is 12.9. The number of carbonyl (C=O) groups excluding carboxylic acids is 2. The number of fused-ring (bicyclic) bond motifs is 1. The summed E-state index contributed by atoms with van der Waals surface area (Å²) in [4.78, 5) is 47.8. The predicted molar refractivity (Wildman–Crippen MR) is 121 cm³/mol. The van der Waals surface area contributed by atoms with Gasteiger partial charge in [-0.3, -0.25) is 19.0 Å². The summed E-state index contributed by atoms with van der Waals surface area (Å²) >= 11 is 1.13. The minimum atomic E-state index is -4.54. The molecule has 1 aliphatic rings. The van der Waals surface area contributed by atoms with Crippen molar-refractivity contribution in [2.75, 3.05) is 30.4 Å². The van der Waals surface area contributed by atoms with Gasteiger partial charge in [-0.1, -0.05) is 17.4 Å².